The molecule has 0 amide bonds. The molecule has 1 aromatic carbocycles. The summed E-state index contributed by atoms with van der Waals surface area (Å²) in [5.41, 5.74) is 4.86. The van der Waals surface area contributed by atoms with Crippen LogP contribution in [0.3, 0.4) is 0 Å². The summed E-state index contributed by atoms with van der Waals surface area (Å²) in [5.74, 6) is 0. The van der Waals surface area contributed by atoms with Crippen LogP contribution in [0.2, 0.25) is 0 Å². The van der Waals surface area contributed by atoms with Crippen molar-refractivity contribution in [3.63, 3.8) is 0 Å². The number of rotatable bonds is 4. The maximum absolute atomic E-state index is 4.52. The van der Waals surface area contributed by atoms with E-state index in [1.54, 1.807) is 0 Å². The topological polar surface area (TPSA) is 29.9 Å². The number of hydrogen-bond donors (Lipinski definition) is 1. The number of nitrogens with zero attached hydrogens (tertiary/aromatic N) is 2. The minimum atomic E-state index is 0.417. The van der Waals surface area contributed by atoms with Crippen molar-refractivity contribution in [2.45, 2.75) is 40.3 Å². The molecule has 0 saturated heterocycles. The number of nitrogens with one attached hydrogen (secondary N) is 1. The Morgan fingerprint density at radius 2 is 1.94 bits per heavy atom. The zero-order chi connectivity index (χ0) is 13.1. The molecule has 2 aromatic rings. The van der Waals surface area contributed by atoms with Crippen LogP contribution >= 0.6 is 0 Å². The van der Waals surface area contributed by atoms with Gasteiger partial charge in [-0.15, -0.1) is 0 Å². The number of aromatic nitrogens is 2. The molecule has 0 unspecified atom stereocenters. The van der Waals surface area contributed by atoms with Crippen LogP contribution in [-0.4, -0.2) is 9.78 Å². The molecule has 0 bridgehead atoms. The molecule has 0 atom stereocenters. The molecule has 18 heavy (non-hydrogen) atoms. The van der Waals surface area contributed by atoms with Crippen molar-refractivity contribution in [3.05, 3.63) is 47.3 Å². The normalized spacial score (nSPS) is 10.9. The van der Waals surface area contributed by atoms with Crippen molar-refractivity contribution in [1.82, 2.24) is 9.78 Å². The Morgan fingerprint density at radius 1 is 1.17 bits per heavy atom. The molecule has 0 spiro atoms. The zero-order valence-corrected chi connectivity index (χ0v) is 11.6. The van der Waals surface area contributed by atoms with Gasteiger partial charge in [0, 0.05) is 17.9 Å². The maximum atomic E-state index is 4.52. The van der Waals surface area contributed by atoms with Gasteiger partial charge in [0.2, 0.25) is 0 Å². The van der Waals surface area contributed by atoms with Crippen LogP contribution in [0.25, 0.3) is 0 Å². The van der Waals surface area contributed by atoms with Gasteiger partial charge in [-0.1, -0.05) is 6.07 Å². The molecule has 0 fully saturated rings. The van der Waals surface area contributed by atoms with Crippen LogP contribution in [0.4, 0.5) is 5.69 Å². The average molecular weight is 243 g/mol. The molecule has 1 N–H and O–H groups in total. The van der Waals surface area contributed by atoms with E-state index in [0.717, 1.165) is 17.9 Å². The van der Waals surface area contributed by atoms with Crippen molar-refractivity contribution < 1.29 is 0 Å². The van der Waals surface area contributed by atoms with Crippen molar-refractivity contribution in [2.24, 2.45) is 0 Å². The number of hydrogen-bond acceptors (Lipinski definition) is 2. The smallest absolute Gasteiger partial charge is 0.0815 e. The first-order valence-corrected chi connectivity index (χ1v) is 6.41. The van der Waals surface area contributed by atoms with Crippen molar-refractivity contribution in [3.8, 4) is 0 Å². The first kappa shape index (κ1) is 12.7. The Labute approximate surface area is 109 Å². The summed E-state index contributed by atoms with van der Waals surface area (Å²) in [7, 11) is 0. The summed E-state index contributed by atoms with van der Waals surface area (Å²) >= 11 is 0. The number of aryl methyl sites for hydroxylation is 2. The highest BCUT2D eigenvalue weighted by Gasteiger charge is 2.02. The predicted molar refractivity (Wildman–Crippen MR) is 75.9 cm³/mol. The molecule has 1 aromatic heterocycles. The van der Waals surface area contributed by atoms with E-state index >= 15 is 0 Å². The Bertz CT molecular complexity index is 526. The highest BCUT2D eigenvalue weighted by molar-refractivity contribution is 5.48. The molecule has 3 heteroatoms. The van der Waals surface area contributed by atoms with Gasteiger partial charge in [0.15, 0.2) is 0 Å². The standard InChI is InChI=1S/C15H21N3/c1-11(2)18-8-7-15(17-18)10-16-14-6-5-12(3)13(4)9-14/h5-9,11,16H,10H2,1-4H3. The second-order valence-electron chi connectivity index (χ2n) is 5.03. The summed E-state index contributed by atoms with van der Waals surface area (Å²) in [6, 6.07) is 8.91. The van der Waals surface area contributed by atoms with Crippen LogP contribution in [-0.2, 0) is 6.54 Å². The third-order valence-electron chi connectivity index (χ3n) is 3.17. The molecular formula is C15H21N3. The molecule has 2 rings (SSSR count). The fourth-order valence-corrected chi connectivity index (χ4v) is 1.80. The maximum Gasteiger partial charge on any atom is 0.0815 e. The molecule has 0 aliphatic rings. The Hall–Kier alpha value is -1.77. The van der Waals surface area contributed by atoms with E-state index in [2.05, 4.69) is 62.4 Å². The minimum Gasteiger partial charge on any atom is -0.379 e. The lowest BCUT2D eigenvalue weighted by molar-refractivity contribution is 0.527. The monoisotopic (exact) mass is 243 g/mol. The van der Waals surface area contributed by atoms with Gasteiger partial charge in [-0.05, 0) is 57.0 Å². The van der Waals surface area contributed by atoms with Crippen LogP contribution in [0, 0.1) is 13.8 Å². The molecule has 96 valence electrons. The highest BCUT2D eigenvalue weighted by Crippen LogP contribution is 2.15. The van der Waals surface area contributed by atoms with Crippen LogP contribution in [0.1, 0.15) is 36.7 Å². The first-order chi connectivity index (χ1) is 8.56. The highest BCUT2D eigenvalue weighted by atomic mass is 15.3. The van der Waals surface area contributed by atoms with Gasteiger partial charge in [-0.3, -0.25) is 4.68 Å². The zero-order valence-electron chi connectivity index (χ0n) is 11.6. The van der Waals surface area contributed by atoms with E-state index in [0.29, 0.717) is 6.04 Å². The van der Waals surface area contributed by atoms with E-state index in [9.17, 15) is 0 Å². The van der Waals surface area contributed by atoms with Crippen molar-refractivity contribution >= 4 is 5.69 Å². The van der Waals surface area contributed by atoms with Gasteiger partial charge in [0.05, 0.1) is 12.2 Å². The van der Waals surface area contributed by atoms with Gasteiger partial charge in [0.1, 0.15) is 0 Å². The third kappa shape index (κ3) is 2.92. The van der Waals surface area contributed by atoms with E-state index < -0.39 is 0 Å². The number of anilines is 1. The fraction of sp³-hybridized carbons (Fsp3) is 0.400. The second-order valence-corrected chi connectivity index (χ2v) is 5.03. The van der Waals surface area contributed by atoms with Crippen LogP contribution in [0.15, 0.2) is 30.5 Å². The summed E-state index contributed by atoms with van der Waals surface area (Å²) in [4.78, 5) is 0. The Kier molecular flexibility index (Phi) is 3.70. The lowest BCUT2D eigenvalue weighted by Gasteiger charge is -2.08. The van der Waals surface area contributed by atoms with Crippen molar-refractivity contribution in [2.75, 3.05) is 5.32 Å². The van der Waals surface area contributed by atoms with E-state index in [1.165, 1.54) is 11.1 Å². The van der Waals surface area contributed by atoms with Crippen LogP contribution in [0.5, 0.6) is 0 Å². The minimum absolute atomic E-state index is 0.417. The van der Waals surface area contributed by atoms with E-state index in [4.69, 9.17) is 0 Å². The lowest BCUT2D eigenvalue weighted by Crippen LogP contribution is -2.04. The average Bonchev–Trinajstić information content (AvgIpc) is 2.79. The molecular weight excluding hydrogens is 222 g/mol. The predicted octanol–water partition coefficient (Wildman–Crippen LogP) is 3.69. The first-order valence-electron chi connectivity index (χ1n) is 6.41. The van der Waals surface area contributed by atoms with Gasteiger partial charge >= 0.3 is 0 Å². The Balaban J connectivity index is 2.00. The summed E-state index contributed by atoms with van der Waals surface area (Å²) < 4.78 is 1.98. The molecule has 0 aliphatic carbocycles. The molecule has 0 saturated carbocycles. The third-order valence-corrected chi connectivity index (χ3v) is 3.17. The van der Waals surface area contributed by atoms with Gasteiger partial charge < -0.3 is 5.32 Å². The van der Waals surface area contributed by atoms with Gasteiger partial charge in [-0.25, -0.2) is 0 Å². The van der Waals surface area contributed by atoms with Gasteiger partial charge in [-0.2, -0.15) is 5.10 Å². The summed E-state index contributed by atoms with van der Waals surface area (Å²) in [5, 5.41) is 7.92. The lowest BCUT2D eigenvalue weighted by atomic mass is 10.1. The van der Waals surface area contributed by atoms with E-state index in [1.807, 2.05) is 10.9 Å². The second kappa shape index (κ2) is 5.25. The summed E-state index contributed by atoms with van der Waals surface area (Å²) in [6.07, 6.45) is 2.03. The number of benzene rings is 1. The Morgan fingerprint density at radius 3 is 2.56 bits per heavy atom. The molecule has 0 radical (unpaired) electrons. The quantitative estimate of drug-likeness (QED) is 0.887. The summed E-state index contributed by atoms with van der Waals surface area (Å²) in [6.45, 7) is 9.29. The van der Waals surface area contributed by atoms with Gasteiger partial charge in [0.25, 0.3) is 0 Å². The molecule has 0 aliphatic heterocycles. The molecule has 1 heterocycles. The SMILES string of the molecule is Cc1ccc(NCc2ccn(C(C)C)n2)cc1C. The van der Waals surface area contributed by atoms with Crippen molar-refractivity contribution in [1.29, 1.82) is 0 Å². The largest absolute Gasteiger partial charge is 0.379 e. The van der Waals surface area contributed by atoms with Crippen LogP contribution < -0.4 is 5.32 Å². The molecule has 3 nitrogen and oxygen atoms in total. The fourth-order valence-electron chi connectivity index (χ4n) is 1.80. The van der Waals surface area contributed by atoms with E-state index in [-0.39, 0.29) is 0 Å².